The Hall–Kier alpha value is -2.66. The number of carbonyl (C=O) groups excluding carboxylic acids is 3. The molecule has 0 saturated heterocycles. The first kappa shape index (κ1) is 35.4. The van der Waals surface area contributed by atoms with E-state index in [0.717, 1.165) is 10.6 Å². The number of aliphatic hydroxyl groups excluding tert-OH is 1. The van der Waals surface area contributed by atoms with Crippen LogP contribution in [0.4, 0.5) is 4.79 Å². The van der Waals surface area contributed by atoms with E-state index in [0.29, 0.717) is 31.2 Å². The van der Waals surface area contributed by atoms with Gasteiger partial charge in [0, 0.05) is 7.05 Å². The molecule has 0 aliphatic rings. The van der Waals surface area contributed by atoms with Crippen LogP contribution in [-0.2, 0) is 40.7 Å². The predicted molar refractivity (Wildman–Crippen MR) is 154 cm³/mol. The minimum atomic E-state index is -3.42. The lowest BCUT2D eigenvalue weighted by Crippen LogP contribution is -2.52. The maximum absolute atomic E-state index is 13.7. The number of amides is 2. The zero-order chi connectivity index (χ0) is 30.9. The van der Waals surface area contributed by atoms with Crippen LogP contribution in [0.5, 0.6) is 0 Å². The van der Waals surface area contributed by atoms with Gasteiger partial charge < -0.3 is 14.6 Å². The van der Waals surface area contributed by atoms with Crippen LogP contribution in [0.2, 0.25) is 0 Å². The number of hydrazine groups is 1. The Balaban J connectivity index is 3.27. The molecule has 0 unspecified atom stereocenters. The van der Waals surface area contributed by atoms with E-state index in [1.165, 1.54) is 14.2 Å². The molecule has 0 aliphatic carbocycles. The Morgan fingerprint density at radius 3 is 2.25 bits per heavy atom. The van der Waals surface area contributed by atoms with Crippen LogP contribution in [0.3, 0.4) is 0 Å². The van der Waals surface area contributed by atoms with Crippen molar-refractivity contribution in [3.05, 3.63) is 35.4 Å². The first-order chi connectivity index (χ1) is 18.2. The van der Waals surface area contributed by atoms with Gasteiger partial charge in [0.2, 0.25) is 5.91 Å². The molecule has 1 rings (SSSR count). The van der Waals surface area contributed by atoms with Gasteiger partial charge in [0.1, 0.15) is 5.60 Å². The van der Waals surface area contributed by atoms with Crippen molar-refractivity contribution in [1.82, 2.24) is 10.4 Å². The van der Waals surface area contributed by atoms with E-state index < -0.39 is 44.9 Å². The number of methoxy groups -OCH3 is 1. The molecule has 2 N–H and O–H groups in total. The lowest BCUT2D eigenvalue weighted by molar-refractivity contribution is -0.144. The van der Waals surface area contributed by atoms with Gasteiger partial charge >= 0.3 is 12.1 Å². The van der Waals surface area contributed by atoms with Crippen molar-refractivity contribution in [2.75, 3.05) is 32.3 Å². The Morgan fingerprint density at radius 1 is 1.07 bits per heavy atom. The topological polar surface area (TPSA) is 139 Å². The molecule has 0 fully saturated rings. The number of rotatable bonds is 13. The van der Waals surface area contributed by atoms with Crippen molar-refractivity contribution in [3.8, 4) is 0 Å². The van der Waals surface area contributed by atoms with Gasteiger partial charge in [-0.15, -0.1) is 0 Å². The maximum Gasteiger partial charge on any atom is 0.428 e. The van der Waals surface area contributed by atoms with E-state index in [2.05, 4.69) is 5.43 Å². The number of hydrogen-bond donors (Lipinski definition) is 2. The second kappa shape index (κ2) is 14.3. The minimum absolute atomic E-state index is 0.0776. The summed E-state index contributed by atoms with van der Waals surface area (Å²) in [5, 5.41) is 10.1. The van der Waals surface area contributed by atoms with Crippen molar-refractivity contribution in [3.63, 3.8) is 0 Å². The third-order valence-corrected chi connectivity index (χ3v) is 8.72. The molecule has 228 valence electrons. The maximum atomic E-state index is 13.7. The number of nitrogens with zero attached hydrogens (tertiary/aromatic N) is 1. The number of ether oxygens (including phenoxy) is 2. The summed E-state index contributed by atoms with van der Waals surface area (Å²) in [7, 11) is -0.661. The fourth-order valence-corrected chi connectivity index (χ4v) is 6.28. The van der Waals surface area contributed by atoms with E-state index in [9.17, 15) is 22.8 Å². The molecular weight excluding hydrogens is 536 g/mol. The molecule has 0 heterocycles. The van der Waals surface area contributed by atoms with E-state index in [4.69, 9.17) is 14.6 Å². The van der Waals surface area contributed by atoms with Gasteiger partial charge in [-0.3, -0.25) is 15.0 Å². The Labute approximate surface area is 239 Å². The monoisotopic (exact) mass is 584 g/mol. The highest BCUT2D eigenvalue weighted by Gasteiger charge is 2.38. The number of hydrogen-bond acceptors (Lipinski definition) is 8. The highest BCUT2D eigenvalue weighted by atomic mass is 32.2. The van der Waals surface area contributed by atoms with E-state index >= 15 is 0 Å². The number of aliphatic hydroxyl groups is 1. The Kier molecular flexibility index (Phi) is 12.6. The molecule has 1 aromatic carbocycles. The third kappa shape index (κ3) is 11.4. The zero-order valence-corrected chi connectivity index (χ0v) is 26.3. The fraction of sp³-hybridized carbons (Fsp3) is 0.690. The van der Waals surface area contributed by atoms with Crippen LogP contribution in [0, 0.1) is 11.3 Å². The Bertz CT molecular complexity index is 1130. The third-order valence-electron chi connectivity index (χ3n) is 6.69. The van der Waals surface area contributed by atoms with Crippen molar-refractivity contribution < 1.29 is 37.4 Å². The van der Waals surface area contributed by atoms with Crippen LogP contribution < -0.4 is 5.43 Å². The normalized spacial score (nSPS) is 14.6. The van der Waals surface area contributed by atoms with Crippen molar-refractivity contribution in [2.24, 2.45) is 11.3 Å². The lowest BCUT2D eigenvalue weighted by atomic mass is 9.75. The smallest absolute Gasteiger partial charge is 0.428 e. The van der Waals surface area contributed by atoms with E-state index in [1.54, 1.807) is 34.6 Å². The molecule has 0 aliphatic heterocycles. The summed E-state index contributed by atoms with van der Waals surface area (Å²) in [6.45, 7) is 12.0. The van der Waals surface area contributed by atoms with Gasteiger partial charge in [-0.25, -0.2) is 18.2 Å². The molecule has 11 heteroatoms. The summed E-state index contributed by atoms with van der Waals surface area (Å²) in [4.78, 5) is 38.2. The van der Waals surface area contributed by atoms with E-state index in [-0.39, 0.29) is 23.4 Å². The Morgan fingerprint density at radius 2 is 1.70 bits per heavy atom. The zero-order valence-electron chi connectivity index (χ0n) is 25.5. The number of esters is 1. The van der Waals surface area contributed by atoms with Crippen LogP contribution in [0.25, 0.3) is 0 Å². The lowest BCUT2D eigenvalue weighted by Gasteiger charge is -2.33. The molecule has 1 aromatic rings. The number of nitrogens with one attached hydrogen (secondary N) is 1. The quantitative estimate of drug-likeness (QED) is 0.264. The first-order valence-electron chi connectivity index (χ1n) is 13.5. The molecule has 40 heavy (non-hydrogen) atoms. The molecular formula is C29H48N2O8S. The predicted octanol–water partition coefficient (Wildman–Crippen LogP) is 3.80. The van der Waals surface area contributed by atoms with Gasteiger partial charge in [-0.05, 0) is 63.5 Å². The second-order valence-corrected chi connectivity index (χ2v) is 14.7. The van der Waals surface area contributed by atoms with Crippen LogP contribution in [0.15, 0.2) is 24.3 Å². The van der Waals surface area contributed by atoms with Gasteiger partial charge in [0.25, 0.3) is 0 Å². The van der Waals surface area contributed by atoms with Gasteiger partial charge in [0.05, 0.1) is 36.6 Å². The molecule has 0 spiro atoms. The fourth-order valence-electron chi connectivity index (χ4n) is 4.52. The van der Waals surface area contributed by atoms with Crippen molar-refractivity contribution >= 4 is 27.8 Å². The van der Waals surface area contributed by atoms with Gasteiger partial charge in [0.15, 0.2) is 9.84 Å². The molecule has 2 amide bonds. The molecule has 0 radical (unpaired) electrons. The SMILES string of the molecule is COC(=O)[C@@H](C)Cc1cccc([C@@](C)(CCCC(C)(C)CS(=O)(=O)CCO)C(=O)NN(C)C(=O)OC(C)(C)C)c1. The summed E-state index contributed by atoms with van der Waals surface area (Å²) < 4.78 is 34.8. The molecule has 0 aromatic heterocycles. The largest absolute Gasteiger partial charge is 0.469 e. The van der Waals surface area contributed by atoms with Gasteiger partial charge in [-0.2, -0.15) is 0 Å². The summed E-state index contributed by atoms with van der Waals surface area (Å²) in [6.07, 6.45) is 1.11. The number of carbonyl (C=O) groups is 3. The second-order valence-electron chi connectivity index (χ2n) is 12.5. The molecule has 0 bridgehead atoms. The molecule has 0 saturated carbocycles. The summed E-state index contributed by atoms with van der Waals surface area (Å²) in [5.74, 6) is -1.50. The minimum Gasteiger partial charge on any atom is -0.469 e. The van der Waals surface area contributed by atoms with E-state index in [1.807, 2.05) is 38.1 Å². The number of benzene rings is 1. The van der Waals surface area contributed by atoms with Gasteiger partial charge in [-0.1, -0.05) is 51.5 Å². The summed E-state index contributed by atoms with van der Waals surface area (Å²) >= 11 is 0. The van der Waals surface area contributed by atoms with Crippen LogP contribution in [0.1, 0.15) is 78.9 Å². The first-order valence-corrected chi connectivity index (χ1v) is 15.3. The van der Waals surface area contributed by atoms with Crippen molar-refractivity contribution in [2.45, 2.75) is 85.2 Å². The standard InChI is InChI=1S/C29H48N2O8S/c1-21(24(33)38-9)18-22-12-10-13-23(19-22)29(7,25(34)30-31(8)26(35)39-27(2,3)4)15-11-14-28(5,6)20-40(36,37)17-16-32/h10,12-13,19,21,32H,11,14-18,20H2,1-9H3,(H,30,34)/t21-,29+/m0/s1. The molecule has 10 nitrogen and oxygen atoms in total. The summed E-state index contributed by atoms with van der Waals surface area (Å²) in [5.41, 5.74) is 1.79. The average Bonchev–Trinajstić information content (AvgIpc) is 2.81. The highest BCUT2D eigenvalue weighted by Crippen LogP contribution is 2.34. The van der Waals surface area contributed by atoms with Crippen molar-refractivity contribution in [1.29, 1.82) is 0 Å². The highest BCUT2D eigenvalue weighted by molar-refractivity contribution is 7.91. The molecule has 2 atom stereocenters. The van der Waals surface area contributed by atoms with Crippen LogP contribution >= 0.6 is 0 Å². The van der Waals surface area contributed by atoms with Crippen LogP contribution in [-0.4, -0.2) is 74.4 Å². The number of sulfone groups is 1. The summed E-state index contributed by atoms with van der Waals surface area (Å²) in [6, 6.07) is 7.41. The average molecular weight is 585 g/mol.